The van der Waals surface area contributed by atoms with E-state index < -0.39 is 0 Å². The van der Waals surface area contributed by atoms with Gasteiger partial charge in [-0.05, 0) is 37.1 Å². The van der Waals surface area contributed by atoms with Crippen molar-refractivity contribution in [3.8, 4) is 5.75 Å². The van der Waals surface area contributed by atoms with Crippen LogP contribution >= 0.6 is 11.6 Å². The molecule has 3 rings (SSSR count). The minimum absolute atomic E-state index is 0.435. The summed E-state index contributed by atoms with van der Waals surface area (Å²) in [6, 6.07) is 6.23. The van der Waals surface area contributed by atoms with E-state index in [2.05, 4.69) is 15.3 Å². The molecule has 0 aliphatic carbocycles. The molecule has 114 valence electrons. The highest BCUT2D eigenvalue weighted by Crippen LogP contribution is 2.22. The zero-order valence-electron chi connectivity index (χ0n) is 12.2. The van der Waals surface area contributed by atoms with Crippen molar-refractivity contribution in [3.05, 3.63) is 53.1 Å². The molecule has 3 heterocycles. The van der Waals surface area contributed by atoms with Crippen molar-refractivity contribution in [3.63, 3.8) is 0 Å². The first kappa shape index (κ1) is 15.0. The third kappa shape index (κ3) is 4.06. The monoisotopic (exact) mass is 315 g/mol. The lowest BCUT2D eigenvalue weighted by Crippen LogP contribution is -2.28. The molecule has 0 aromatic carbocycles. The zero-order chi connectivity index (χ0) is 15.2. The van der Waals surface area contributed by atoms with Crippen LogP contribution in [0.4, 0.5) is 0 Å². The summed E-state index contributed by atoms with van der Waals surface area (Å²) in [4.78, 5) is 8.27. The fraction of sp³-hybridized carbons (Fsp3) is 0.294. The number of hydrogen-bond donors (Lipinski definition) is 1. The number of aromatic nitrogens is 2. The first-order valence-corrected chi connectivity index (χ1v) is 7.79. The van der Waals surface area contributed by atoms with Crippen LogP contribution in [0, 0.1) is 0 Å². The van der Waals surface area contributed by atoms with Crippen molar-refractivity contribution in [2.45, 2.75) is 18.9 Å². The maximum atomic E-state index is 6.14. The van der Waals surface area contributed by atoms with E-state index in [0.29, 0.717) is 17.8 Å². The van der Waals surface area contributed by atoms with E-state index in [1.807, 2.05) is 30.4 Å². The number of ether oxygens (including phenoxy) is 1. The van der Waals surface area contributed by atoms with Crippen LogP contribution in [0.2, 0.25) is 5.15 Å². The lowest BCUT2D eigenvalue weighted by Gasteiger charge is -2.12. The normalized spacial score (nSPS) is 18.0. The van der Waals surface area contributed by atoms with Gasteiger partial charge in [-0.3, -0.25) is 4.98 Å². The van der Waals surface area contributed by atoms with Crippen LogP contribution in [-0.4, -0.2) is 29.2 Å². The number of rotatable bonds is 5. The van der Waals surface area contributed by atoms with Crippen LogP contribution in [0.1, 0.15) is 24.0 Å². The van der Waals surface area contributed by atoms with Gasteiger partial charge in [-0.15, -0.1) is 0 Å². The van der Waals surface area contributed by atoms with Gasteiger partial charge < -0.3 is 10.1 Å². The van der Waals surface area contributed by atoms with Crippen LogP contribution in [0.25, 0.3) is 12.2 Å². The standard InChI is InChI=1S/C17H18ClN3O/c18-17-14(6-5-13-3-1-7-19-10-13)9-16(11-21-17)22-12-15-4-2-8-20-15/h1,3,5-7,9-11,15,20H,2,4,8,12H2/b6-5+. The van der Waals surface area contributed by atoms with Gasteiger partial charge in [0.2, 0.25) is 0 Å². The first-order chi connectivity index (χ1) is 10.8. The summed E-state index contributed by atoms with van der Waals surface area (Å²) in [6.07, 6.45) is 11.5. The molecule has 2 aromatic heterocycles. The number of nitrogens with one attached hydrogen (secondary N) is 1. The smallest absolute Gasteiger partial charge is 0.138 e. The minimum atomic E-state index is 0.435. The maximum absolute atomic E-state index is 6.14. The Kier molecular flexibility index (Phi) is 5.03. The quantitative estimate of drug-likeness (QED) is 0.859. The number of pyridine rings is 2. The van der Waals surface area contributed by atoms with Crippen LogP contribution in [0.3, 0.4) is 0 Å². The van der Waals surface area contributed by atoms with Gasteiger partial charge in [-0.1, -0.05) is 29.8 Å². The molecule has 0 radical (unpaired) electrons. The molecule has 5 heteroatoms. The highest BCUT2D eigenvalue weighted by atomic mass is 35.5. The Morgan fingerprint density at radius 2 is 2.32 bits per heavy atom. The van der Waals surface area contributed by atoms with Gasteiger partial charge in [0.15, 0.2) is 0 Å². The molecular formula is C17H18ClN3O. The average molecular weight is 316 g/mol. The molecular weight excluding hydrogens is 298 g/mol. The Morgan fingerprint density at radius 1 is 1.36 bits per heavy atom. The predicted octanol–water partition coefficient (Wildman–Crippen LogP) is 3.43. The van der Waals surface area contributed by atoms with Crippen LogP contribution in [-0.2, 0) is 0 Å². The predicted molar refractivity (Wildman–Crippen MR) is 88.9 cm³/mol. The molecule has 1 atom stereocenters. The maximum Gasteiger partial charge on any atom is 0.138 e. The number of nitrogens with zero attached hydrogens (tertiary/aromatic N) is 2. The Balaban J connectivity index is 1.68. The van der Waals surface area contributed by atoms with Gasteiger partial charge in [0.25, 0.3) is 0 Å². The SMILES string of the molecule is Clc1ncc(OCC2CCCN2)cc1/C=C/c1cccnc1. The molecule has 0 spiro atoms. The van der Waals surface area contributed by atoms with Crippen molar-refractivity contribution in [2.75, 3.05) is 13.2 Å². The molecule has 4 nitrogen and oxygen atoms in total. The van der Waals surface area contributed by atoms with E-state index in [9.17, 15) is 0 Å². The highest BCUT2D eigenvalue weighted by Gasteiger charge is 2.14. The summed E-state index contributed by atoms with van der Waals surface area (Å²) >= 11 is 6.14. The summed E-state index contributed by atoms with van der Waals surface area (Å²) in [5.74, 6) is 0.740. The Bertz CT molecular complexity index is 640. The topological polar surface area (TPSA) is 47.0 Å². The average Bonchev–Trinajstić information content (AvgIpc) is 3.07. The lowest BCUT2D eigenvalue weighted by atomic mass is 10.2. The molecule has 1 N–H and O–H groups in total. The zero-order valence-corrected chi connectivity index (χ0v) is 13.0. The van der Waals surface area contributed by atoms with E-state index in [-0.39, 0.29) is 0 Å². The molecule has 1 aliphatic heterocycles. The summed E-state index contributed by atoms with van der Waals surface area (Å²) < 4.78 is 5.81. The summed E-state index contributed by atoms with van der Waals surface area (Å²) in [6.45, 7) is 1.74. The summed E-state index contributed by atoms with van der Waals surface area (Å²) in [5.41, 5.74) is 1.85. The third-order valence-electron chi connectivity index (χ3n) is 3.59. The Hall–Kier alpha value is -1.91. The van der Waals surface area contributed by atoms with Gasteiger partial charge >= 0.3 is 0 Å². The fourth-order valence-corrected chi connectivity index (χ4v) is 2.56. The molecule has 1 unspecified atom stereocenters. The van der Waals surface area contributed by atoms with Crippen LogP contribution < -0.4 is 10.1 Å². The second-order valence-corrected chi connectivity index (χ2v) is 5.63. The summed E-state index contributed by atoms with van der Waals surface area (Å²) in [5, 5.41) is 3.87. The van der Waals surface area contributed by atoms with Crippen molar-refractivity contribution in [1.82, 2.24) is 15.3 Å². The van der Waals surface area contributed by atoms with Gasteiger partial charge in [0.1, 0.15) is 17.5 Å². The molecule has 2 aromatic rings. The van der Waals surface area contributed by atoms with Gasteiger partial charge in [-0.25, -0.2) is 4.98 Å². The molecule has 0 amide bonds. The van der Waals surface area contributed by atoms with Gasteiger partial charge in [0, 0.05) is 24.0 Å². The number of hydrogen-bond acceptors (Lipinski definition) is 4. The highest BCUT2D eigenvalue weighted by molar-refractivity contribution is 6.31. The first-order valence-electron chi connectivity index (χ1n) is 7.41. The van der Waals surface area contributed by atoms with Gasteiger partial charge in [0.05, 0.1) is 6.20 Å². The molecule has 0 bridgehead atoms. The second kappa shape index (κ2) is 7.38. The van der Waals surface area contributed by atoms with Crippen molar-refractivity contribution >= 4 is 23.8 Å². The van der Waals surface area contributed by atoms with E-state index in [0.717, 1.165) is 29.8 Å². The Labute approximate surface area is 135 Å². The van der Waals surface area contributed by atoms with E-state index in [1.54, 1.807) is 18.6 Å². The molecule has 22 heavy (non-hydrogen) atoms. The van der Waals surface area contributed by atoms with E-state index in [4.69, 9.17) is 16.3 Å². The van der Waals surface area contributed by atoms with E-state index >= 15 is 0 Å². The molecule has 1 saturated heterocycles. The third-order valence-corrected chi connectivity index (χ3v) is 3.91. The summed E-state index contributed by atoms with van der Waals surface area (Å²) in [7, 11) is 0. The van der Waals surface area contributed by atoms with Crippen molar-refractivity contribution in [2.24, 2.45) is 0 Å². The van der Waals surface area contributed by atoms with Crippen molar-refractivity contribution < 1.29 is 4.74 Å². The largest absolute Gasteiger partial charge is 0.490 e. The van der Waals surface area contributed by atoms with Crippen molar-refractivity contribution in [1.29, 1.82) is 0 Å². The number of halogens is 1. The van der Waals surface area contributed by atoms with Crippen LogP contribution in [0.5, 0.6) is 5.75 Å². The van der Waals surface area contributed by atoms with Crippen LogP contribution in [0.15, 0.2) is 36.8 Å². The van der Waals surface area contributed by atoms with Gasteiger partial charge in [-0.2, -0.15) is 0 Å². The molecule has 1 fully saturated rings. The second-order valence-electron chi connectivity index (χ2n) is 5.28. The van der Waals surface area contributed by atoms with E-state index in [1.165, 1.54) is 6.42 Å². The Morgan fingerprint density at radius 3 is 3.09 bits per heavy atom. The lowest BCUT2D eigenvalue weighted by molar-refractivity contribution is 0.276. The molecule has 0 saturated carbocycles. The fourth-order valence-electron chi connectivity index (χ4n) is 2.40. The minimum Gasteiger partial charge on any atom is -0.490 e. The molecule has 1 aliphatic rings.